The molecule has 32 nitrogen and oxygen atoms in total. The molecule has 6 bridgehead atoms. The Bertz CT molecular complexity index is 2310. The number of hydrogen-bond donors (Lipinski definition) is 21. The minimum absolute atomic E-state index is 0.401. The van der Waals surface area contributed by atoms with E-state index in [0.29, 0.717) is 0 Å². The van der Waals surface area contributed by atoms with Gasteiger partial charge < -0.3 is 159 Å². The van der Waals surface area contributed by atoms with Crippen molar-refractivity contribution in [2.75, 3.05) is 47.0 Å². The number of aliphatic hydroxyl groups excluding tert-OH is 21. The lowest BCUT2D eigenvalue weighted by molar-refractivity contribution is -0.324. The lowest BCUT2D eigenvalue weighted by atomic mass is 9.99. The number of aliphatic hydroxyl groups is 21. The molecule has 0 radical (unpaired) electrons. The van der Waals surface area contributed by atoms with Gasteiger partial charge in [0.05, 0.1) is 17.6 Å². The minimum atomic E-state index is -2.70. The monoisotopic (exact) mass is 1440 g/mol. The fraction of sp³-hybridized carbons (Fsp3) is 0.792. The van der Waals surface area contributed by atoms with Crippen molar-refractivity contribution in [3.05, 3.63) is 57.6 Å². The first-order valence-corrected chi connectivity index (χ1v) is 30.6. The molecule has 7 aliphatic rings. The zero-order chi connectivity index (χ0) is 66.2. The molecule has 40 heteroatoms. The van der Waals surface area contributed by atoms with Crippen LogP contribution in [-0.4, -0.2) is 308 Å². The van der Waals surface area contributed by atoms with Crippen molar-refractivity contribution >= 4 is 92.8 Å². The second-order valence-electron chi connectivity index (χ2n) is 19.5. The van der Waals surface area contributed by atoms with Crippen LogP contribution in [0.1, 0.15) is 32.1 Å². The molecule has 7 heterocycles. The highest BCUT2D eigenvalue weighted by molar-refractivity contribution is 6.19. The molecule has 0 spiro atoms. The summed E-state index contributed by atoms with van der Waals surface area (Å²) in [6.07, 6.45) is -56.2. The fourth-order valence-electron chi connectivity index (χ4n) is 8.80. The van der Waals surface area contributed by atoms with Gasteiger partial charge in [-0.2, -0.15) is 0 Å². The molecule has 0 aromatic rings. The normalized spacial score (nSPS) is 44.5. The van der Waals surface area contributed by atoms with Gasteiger partial charge in [0.2, 0.25) is 31.5 Å². The van der Waals surface area contributed by atoms with Gasteiger partial charge in [0.1, 0.15) is 104 Å². The van der Waals surface area contributed by atoms with E-state index in [1.54, 1.807) is 0 Å². The van der Waals surface area contributed by atoms with Gasteiger partial charge in [0.15, 0.2) is 76.5 Å². The Hall–Kier alpha value is -1.86. The number of rotatable bonds is 13. The number of alkyl halides is 8. The van der Waals surface area contributed by atoms with Crippen molar-refractivity contribution in [3.8, 4) is 0 Å². The van der Waals surface area contributed by atoms with E-state index in [2.05, 4.69) is 0 Å². The van der Waals surface area contributed by atoms with Crippen LogP contribution in [-0.2, 0) is 52.1 Å². The van der Waals surface area contributed by atoms with E-state index in [1.807, 2.05) is 0 Å². The Morgan fingerprint density at radius 3 is 0.591 bits per heavy atom. The van der Waals surface area contributed by atoms with Crippen LogP contribution in [0.5, 0.6) is 0 Å². The van der Waals surface area contributed by atoms with Crippen molar-refractivity contribution < 1.29 is 159 Å². The fourth-order valence-corrected chi connectivity index (χ4v) is 10.5. The third-order valence-corrected chi connectivity index (χ3v) is 15.6. The van der Waals surface area contributed by atoms with Gasteiger partial charge in [-0.1, -0.05) is 0 Å². The topological polar surface area (TPSA) is 526 Å². The van der Waals surface area contributed by atoms with Crippen molar-refractivity contribution in [1.82, 2.24) is 0 Å². The molecule has 0 amide bonds. The van der Waals surface area contributed by atoms with E-state index in [-0.39, 0.29) is 0 Å². The maximum absolute atomic E-state index is 11.3. The van der Waals surface area contributed by atoms with Crippen LogP contribution in [0.4, 0.5) is 0 Å². The van der Waals surface area contributed by atoms with Crippen LogP contribution in [0, 0.1) is 0 Å². The Labute approximate surface area is 540 Å². The molecule has 25 atom stereocenters. The second-order valence-corrected chi connectivity index (χ2v) is 22.3. The molecule has 21 N–H and O–H groups in total. The molecular formula is C48H72Cl8O32. The van der Waals surface area contributed by atoms with E-state index < -0.39 is 291 Å². The summed E-state index contributed by atoms with van der Waals surface area (Å²) >= 11 is 47.9. The third-order valence-electron chi connectivity index (χ3n) is 13.6. The molecule has 25 unspecified atom stereocenters. The summed E-state index contributed by atoms with van der Waals surface area (Å²) < 4.78 is 60.4. The summed E-state index contributed by atoms with van der Waals surface area (Å²) in [4.78, 5) is 0. The predicted molar refractivity (Wildman–Crippen MR) is 301 cm³/mol. The average Bonchev–Trinajstić information content (AvgIpc) is 2.34. The molecule has 0 aromatic carbocycles. The van der Waals surface area contributed by atoms with Gasteiger partial charge in [-0.3, -0.25) is 0 Å². The van der Waals surface area contributed by atoms with Gasteiger partial charge in [-0.05, 0) is 32.1 Å². The van der Waals surface area contributed by atoms with Crippen LogP contribution in [0.3, 0.4) is 0 Å². The molecule has 88 heavy (non-hydrogen) atoms. The van der Waals surface area contributed by atoms with E-state index in [1.165, 1.54) is 0 Å². The lowest BCUT2D eigenvalue weighted by Crippen LogP contribution is -2.61. The van der Waals surface area contributed by atoms with Gasteiger partial charge in [0.25, 0.3) is 0 Å². The molecule has 0 aromatic heterocycles. The maximum atomic E-state index is 11.3. The smallest absolute Gasteiger partial charge is 0.218 e. The van der Waals surface area contributed by atoms with Crippen molar-refractivity contribution in [2.45, 2.75) is 186 Å². The van der Waals surface area contributed by atoms with Gasteiger partial charge >= 0.3 is 0 Å². The van der Waals surface area contributed by atoms with Gasteiger partial charge in [-0.15, -0.1) is 92.8 Å². The van der Waals surface area contributed by atoms with E-state index in [9.17, 15) is 107 Å². The largest absolute Gasteiger partial charge is 0.506 e. The highest BCUT2D eigenvalue weighted by Crippen LogP contribution is 2.35. The summed E-state index contributed by atoms with van der Waals surface area (Å²) in [6.45, 7) is 0. The number of ether oxygens (including phenoxy) is 11. The molecule has 7 aliphatic heterocycles. The Kier molecular flexibility index (Phi) is 33.3. The van der Waals surface area contributed by atoms with Gasteiger partial charge in [0, 0.05) is 29.4 Å². The number of halogens is 8. The molecular weight excluding hydrogens is 1370 g/mol. The summed E-state index contributed by atoms with van der Waals surface area (Å²) in [6, 6.07) is 0. The molecule has 512 valence electrons. The SMILES string of the molecule is O/C1=C(\O)C(CCCl)OC(O)/C(O)=C(/O)C(CCCl)OC2OC(CCl)C(OC(O)/C(O)=C(\O)C(CCCl)OC3OC(CCl)C(OC(O)/C(O)=C(\O)C(CCCl)OC(O)/C(O)=C(/O)C(CCCl)OC4OC(CCl)C(OC1O)C(O)C4O)C(O)C3O)C(O)C2O. The number of fused-ring (bicyclic) bond motifs is 3. The Balaban J connectivity index is 1.80. The second kappa shape index (κ2) is 37.3. The zero-order valence-corrected chi connectivity index (χ0v) is 51.6. The first kappa shape index (κ1) is 78.6. The van der Waals surface area contributed by atoms with Crippen LogP contribution in [0.25, 0.3) is 0 Å². The first-order chi connectivity index (χ1) is 41.5. The van der Waals surface area contributed by atoms with Crippen LogP contribution in [0.15, 0.2) is 57.6 Å². The Morgan fingerprint density at radius 2 is 0.409 bits per heavy atom. The predicted octanol–water partition coefficient (Wildman–Crippen LogP) is 0.513. The molecule has 7 rings (SSSR count). The number of hydrogen-bond acceptors (Lipinski definition) is 32. The highest BCUT2D eigenvalue weighted by Gasteiger charge is 2.52. The summed E-state index contributed by atoms with van der Waals surface area (Å²) in [7, 11) is 0. The van der Waals surface area contributed by atoms with Crippen molar-refractivity contribution in [3.63, 3.8) is 0 Å². The first-order valence-electron chi connectivity index (χ1n) is 26.3. The molecule has 0 aliphatic carbocycles. The summed E-state index contributed by atoms with van der Waals surface area (Å²) in [5.41, 5.74) is 0. The van der Waals surface area contributed by atoms with E-state index in [4.69, 9.17) is 145 Å². The van der Waals surface area contributed by atoms with Crippen LogP contribution in [0.2, 0.25) is 0 Å². The summed E-state index contributed by atoms with van der Waals surface area (Å²) in [5.74, 6) is -18.2. The Morgan fingerprint density at radius 1 is 0.227 bits per heavy atom. The summed E-state index contributed by atoms with van der Waals surface area (Å²) in [5, 5.41) is 233. The average molecular weight is 1440 g/mol. The van der Waals surface area contributed by atoms with E-state index in [0.717, 1.165) is 0 Å². The van der Waals surface area contributed by atoms with Crippen LogP contribution >= 0.6 is 92.8 Å². The minimum Gasteiger partial charge on any atom is -0.506 e. The zero-order valence-electron chi connectivity index (χ0n) is 45.5. The highest BCUT2D eigenvalue weighted by atomic mass is 35.5. The lowest BCUT2D eigenvalue weighted by Gasteiger charge is -2.43. The quantitative estimate of drug-likeness (QED) is 0.112. The maximum Gasteiger partial charge on any atom is 0.218 e. The van der Waals surface area contributed by atoms with E-state index >= 15 is 0 Å². The third kappa shape index (κ3) is 19.9. The molecule has 3 fully saturated rings. The van der Waals surface area contributed by atoms with Crippen molar-refractivity contribution in [2.24, 2.45) is 0 Å². The standard InChI is InChI=1S/C48H72Cl8O32/c49-6-1-14-22(57)32(67)43(75)86-38-19(11-54)83-46(35(70)27(38)62)80-16(3-8-51)24(59)30(65)41(73)79-15(2-7-50)23(58)33(68)44(76)87-39-20(12-55)85-48(37(72)28(39)63)82-18(5-10-53)26(61)34(69)45(77)88-40-21(13-56)84-47(36(71)29(40)64)81-17(4-9-52)25(60)31(66)42(74)78-14/h14-21,27-29,35-48,57-77H,1-13H2/b30-24-,31-25-,32-22-,33-23+,34-26+. The van der Waals surface area contributed by atoms with Crippen molar-refractivity contribution in [1.29, 1.82) is 0 Å². The molecule has 0 saturated carbocycles. The molecule has 3 saturated heterocycles. The van der Waals surface area contributed by atoms with Gasteiger partial charge in [-0.25, -0.2) is 0 Å². The van der Waals surface area contributed by atoms with Crippen LogP contribution < -0.4 is 0 Å².